The van der Waals surface area contributed by atoms with Gasteiger partial charge in [0.25, 0.3) is 11.8 Å². The normalized spacial score (nSPS) is 14.5. The molecule has 1 aliphatic rings. The Morgan fingerprint density at radius 2 is 1.85 bits per heavy atom. The highest BCUT2D eigenvalue weighted by Crippen LogP contribution is 2.38. The number of anilines is 1. The lowest BCUT2D eigenvalue weighted by Gasteiger charge is -2.15. The fraction of sp³-hybridized carbons (Fsp3) is 0.450. The van der Waals surface area contributed by atoms with Crippen LogP contribution in [-0.2, 0) is 19.1 Å². The van der Waals surface area contributed by atoms with Gasteiger partial charge in [-0.05, 0) is 31.0 Å². The number of imide groups is 1. The van der Waals surface area contributed by atoms with E-state index < -0.39 is 0 Å². The molecular weight excluding hydrogens is 364 g/mol. The van der Waals surface area contributed by atoms with Crippen LogP contribution in [-0.4, -0.2) is 47.6 Å². The first-order valence-corrected chi connectivity index (χ1v) is 9.96. The van der Waals surface area contributed by atoms with E-state index >= 15 is 0 Å². The van der Waals surface area contributed by atoms with Crippen LogP contribution >= 0.6 is 11.8 Å². The lowest BCUT2D eigenvalue weighted by atomic mass is 10.1. The van der Waals surface area contributed by atoms with E-state index in [9.17, 15) is 14.4 Å². The van der Waals surface area contributed by atoms with Gasteiger partial charge >= 0.3 is 0 Å². The van der Waals surface area contributed by atoms with Crippen molar-refractivity contribution in [2.45, 2.75) is 39.4 Å². The zero-order chi connectivity index (χ0) is 20.0. The van der Waals surface area contributed by atoms with E-state index in [0.29, 0.717) is 47.9 Å². The molecule has 0 saturated heterocycles. The molecule has 0 spiro atoms. The molecule has 146 valence electrons. The molecule has 7 heteroatoms. The Morgan fingerprint density at radius 3 is 2.41 bits per heavy atom. The number of carbonyl (C=O) groups is 3. The third-order valence-electron chi connectivity index (χ3n) is 3.85. The van der Waals surface area contributed by atoms with E-state index in [0.717, 1.165) is 0 Å². The highest BCUT2D eigenvalue weighted by Gasteiger charge is 2.39. The summed E-state index contributed by atoms with van der Waals surface area (Å²) in [7, 11) is 0. The van der Waals surface area contributed by atoms with Crippen LogP contribution in [0.4, 0.5) is 5.69 Å². The molecule has 2 rings (SSSR count). The molecule has 0 fully saturated rings. The second-order valence-electron chi connectivity index (χ2n) is 6.44. The summed E-state index contributed by atoms with van der Waals surface area (Å²) in [6, 6.07) is 6.99. The van der Waals surface area contributed by atoms with Crippen molar-refractivity contribution in [2.75, 3.05) is 25.1 Å². The summed E-state index contributed by atoms with van der Waals surface area (Å²) in [4.78, 5) is 38.8. The first-order valence-electron chi connectivity index (χ1n) is 9.08. The number of thioether (sulfide) groups is 1. The van der Waals surface area contributed by atoms with E-state index in [1.54, 1.807) is 24.3 Å². The molecule has 1 aromatic rings. The molecule has 27 heavy (non-hydrogen) atoms. The maximum Gasteiger partial charge on any atom is 0.267 e. The third kappa shape index (κ3) is 5.43. The Kier molecular flexibility index (Phi) is 7.62. The minimum atomic E-state index is -0.271. The van der Waals surface area contributed by atoms with Gasteiger partial charge in [0, 0.05) is 37.6 Å². The van der Waals surface area contributed by atoms with Gasteiger partial charge in [-0.15, -0.1) is 11.8 Å². The van der Waals surface area contributed by atoms with Crippen molar-refractivity contribution in [1.82, 2.24) is 4.90 Å². The van der Waals surface area contributed by atoms with Gasteiger partial charge in [-0.3, -0.25) is 19.3 Å². The quantitative estimate of drug-likeness (QED) is 0.517. The molecule has 0 aliphatic carbocycles. The van der Waals surface area contributed by atoms with Gasteiger partial charge in [-0.2, -0.15) is 0 Å². The number of ether oxygens (including phenoxy) is 1. The number of hydrogen-bond donors (Lipinski definition) is 1. The fourth-order valence-electron chi connectivity index (χ4n) is 2.75. The molecule has 0 unspecified atom stereocenters. The van der Waals surface area contributed by atoms with Crippen molar-refractivity contribution in [3.8, 4) is 0 Å². The van der Waals surface area contributed by atoms with Gasteiger partial charge in [-0.1, -0.05) is 26.0 Å². The van der Waals surface area contributed by atoms with Crippen LogP contribution in [0.3, 0.4) is 0 Å². The van der Waals surface area contributed by atoms with Gasteiger partial charge in [0.2, 0.25) is 5.91 Å². The molecular formula is C20H26N2O4S. The molecule has 0 saturated carbocycles. The number of nitrogens with one attached hydrogen (secondary N) is 1. The largest absolute Gasteiger partial charge is 0.382 e. The predicted octanol–water partition coefficient (Wildman–Crippen LogP) is 3.29. The van der Waals surface area contributed by atoms with Crippen LogP contribution in [0.5, 0.6) is 0 Å². The Labute approximate surface area is 164 Å². The Morgan fingerprint density at radius 1 is 1.19 bits per heavy atom. The smallest absolute Gasteiger partial charge is 0.267 e. The number of benzene rings is 1. The maximum absolute atomic E-state index is 13.0. The van der Waals surface area contributed by atoms with E-state index in [1.165, 1.54) is 23.6 Å². The van der Waals surface area contributed by atoms with Crippen molar-refractivity contribution in [3.05, 3.63) is 34.7 Å². The molecule has 1 heterocycles. The maximum atomic E-state index is 13.0. The predicted molar refractivity (Wildman–Crippen MR) is 108 cm³/mol. The van der Waals surface area contributed by atoms with E-state index in [4.69, 9.17) is 4.74 Å². The van der Waals surface area contributed by atoms with Crippen molar-refractivity contribution >= 4 is 40.7 Å². The number of nitrogens with zero attached hydrogens (tertiary/aromatic N) is 1. The first kappa shape index (κ1) is 21.2. The van der Waals surface area contributed by atoms with Gasteiger partial charge in [0.05, 0.1) is 10.5 Å². The number of amides is 3. The van der Waals surface area contributed by atoms with Gasteiger partial charge < -0.3 is 10.1 Å². The average Bonchev–Trinajstić information content (AvgIpc) is 2.82. The van der Waals surface area contributed by atoms with Crippen LogP contribution in [0.1, 0.15) is 39.7 Å². The first-order chi connectivity index (χ1) is 12.8. The van der Waals surface area contributed by atoms with Gasteiger partial charge in [0.15, 0.2) is 0 Å². The summed E-state index contributed by atoms with van der Waals surface area (Å²) in [5, 5.41) is 2.87. The average molecular weight is 391 g/mol. The minimum absolute atomic E-state index is 0.161. The standard InChI is InChI=1S/C20H26N2O4S/c1-5-26-12-6-11-22-19(24)17(18(20(22)25)27-13(2)3)15-7-9-16(10-8-15)21-14(4)23/h7-10,13H,5-6,11-12H2,1-4H3,(H,21,23). The SMILES string of the molecule is CCOCCCN1C(=O)C(SC(C)C)=C(c2ccc(NC(C)=O)cc2)C1=O. The zero-order valence-electron chi connectivity index (χ0n) is 16.2. The van der Waals surface area contributed by atoms with Crippen molar-refractivity contribution in [1.29, 1.82) is 0 Å². The van der Waals surface area contributed by atoms with Crippen LogP contribution in [0.2, 0.25) is 0 Å². The van der Waals surface area contributed by atoms with Crippen LogP contribution < -0.4 is 5.32 Å². The zero-order valence-corrected chi connectivity index (χ0v) is 17.0. The molecule has 3 amide bonds. The molecule has 0 aromatic heterocycles. The number of rotatable bonds is 9. The monoisotopic (exact) mass is 390 g/mol. The molecule has 1 aliphatic heterocycles. The Balaban J connectivity index is 2.28. The van der Waals surface area contributed by atoms with E-state index in [-0.39, 0.29) is 23.0 Å². The van der Waals surface area contributed by atoms with E-state index in [1.807, 2.05) is 20.8 Å². The summed E-state index contributed by atoms with van der Waals surface area (Å²) in [5.74, 6) is -0.673. The summed E-state index contributed by atoms with van der Waals surface area (Å²) < 4.78 is 5.31. The summed E-state index contributed by atoms with van der Waals surface area (Å²) in [6.45, 7) is 8.80. The number of hydrogen-bond acceptors (Lipinski definition) is 5. The summed E-state index contributed by atoms with van der Waals surface area (Å²) in [6.07, 6.45) is 0.611. The minimum Gasteiger partial charge on any atom is -0.382 e. The molecule has 1 aromatic carbocycles. The Hall–Kier alpha value is -2.12. The van der Waals surface area contributed by atoms with Gasteiger partial charge in [0.1, 0.15) is 0 Å². The lowest BCUT2D eigenvalue weighted by molar-refractivity contribution is -0.136. The topological polar surface area (TPSA) is 75.7 Å². The van der Waals surface area contributed by atoms with E-state index in [2.05, 4.69) is 5.32 Å². The lowest BCUT2D eigenvalue weighted by Crippen LogP contribution is -2.33. The second-order valence-corrected chi connectivity index (χ2v) is 8.03. The van der Waals surface area contributed by atoms with Crippen LogP contribution in [0.15, 0.2) is 29.2 Å². The van der Waals surface area contributed by atoms with Crippen molar-refractivity contribution in [3.63, 3.8) is 0 Å². The summed E-state index contributed by atoms with van der Waals surface area (Å²) in [5.41, 5.74) is 1.76. The highest BCUT2D eigenvalue weighted by atomic mass is 32.2. The Bertz CT molecular complexity index is 741. The molecule has 6 nitrogen and oxygen atoms in total. The van der Waals surface area contributed by atoms with Crippen LogP contribution in [0, 0.1) is 0 Å². The number of carbonyl (C=O) groups excluding carboxylic acids is 3. The fourth-order valence-corrected chi connectivity index (χ4v) is 3.75. The van der Waals surface area contributed by atoms with Crippen LogP contribution in [0.25, 0.3) is 5.57 Å². The molecule has 1 N–H and O–H groups in total. The third-order valence-corrected chi connectivity index (χ3v) is 4.93. The van der Waals surface area contributed by atoms with Gasteiger partial charge in [-0.25, -0.2) is 0 Å². The molecule has 0 bridgehead atoms. The summed E-state index contributed by atoms with van der Waals surface area (Å²) >= 11 is 1.41. The second kappa shape index (κ2) is 9.71. The van der Waals surface area contributed by atoms with Crippen molar-refractivity contribution < 1.29 is 19.1 Å². The van der Waals surface area contributed by atoms with Crippen molar-refractivity contribution in [2.24, 2.45) is 0 Å². The molecule has 0 atom stereocenters. The molecule has 0 radical (unpaired) electrons. The highest BCUT2D eigenvalue weighted by molar-refractivity contribution is 8.04.